The number of rotatable bonds is 3. The molecule has 0 spiro atoms. The maximum absolute atomic E-state index is 4.73. The number of aryl methyl sites for hydroxylation is 2. The third kappa shape index (κ3) is 2.46. The van der Waals surface area contributed by atoms with Crippen LogP contribution in [0.4, 0.5) is 11.1 Å². The molecule has 0 bridgehead atoms. The fourth-order valence-corrected chi connectivity index (χ4v) is 3.90. The van der Waals surface area contributed by atoms with E-state index in [1.165, 1.54) is 34.5 Å². The van der Waals surface area contributed by atoms with Crippen molar-refractivity contribution >= 4 is 32.6 Å². The molecule has 1 N–H and O–H groups in total. The van der Waals surface area contributed by atoms with Crippen molar-refractivity contribution < 1.29 is 0 Å². The second kappa shape index (κ2) is 5.65. The van der Waals surface area contributed by atoms with Gasteiger partial charge in [-0.2, -0.15) is 0 Å². The number of nitrogens with zero attached hydrogens (tertiary/aromatic N) is 3. The molecule has 0 fully saturated rings. The summed E-state index contributed by atoms with van der Waals surface area (Å²) in [5, 5.41) is 4.16. The van der Waals surface area contributed by atoms with Crippen LogP contribution in [-0.2, 0) is 19.3 Å². The molecule has 4 nitrogen and oxygen atoms in total. The average Bonchev–Trinajstić information content (AvgIpc) is 2.96. The zero-order valence-corrected chi connectivity index (χ0v) is 13.4. The van der Waals surface area contributed by atoms with Gasteiger partial charge in [-0.15, -0.1) is 0 Å². The van der Waals surface area contributed by atoms with Crippen LogP contribution in [0, 0.1) is 0 Å². The summed E-state index contributed by atoms with van der Waals surface area (Å²) < 4.78 is 1.18. The molecule has 0 saturated carbocycles. The highest BCUT2D eigenvalue weighted by atomic mass is 32.1. The first-order chi connectivity index (χ1) is 10.8. The van der Waals surface area contributed by atoms with Gasteiger partial charge >= 0.3 is 0 Å². The second-order valence-electron chi connectivity index (χ2n) is 5.59. The summed E-state index contributed by atoms with van der Waals surface area (Å²) in [5.74, 6) is 0.691. The van der Waals surface area contributed by atoms with Crippen LogP contribution in [0.25, 0.3) is 10.2 Å². The molecule has 2 heterocycles. The van der Waals surface area contributed by atoms with Crippen LogP contribution in [-0.4, -0.2) is 15.0 Å². The predicted molar refractivity (Wildman–Crippen MR) is 91.0 cm³/mol. The summed E-state index contributed by atoms with van der Waals surface area (Å²) in [5.41, 5.74) is 4.81. The Labute approximate surface area is 133 Å². The highest BCUT2D eigenvalue weighted by Crippen LogP contribution is 2.29. The van der Waals surface area contributed by atoms with Crippen molar-refractivity contribution in [3.63, 3.8) is 0 Å². The van der Waals surface area contributed by atoms with E-state index in [-0.39, 0.29) is 0 Å². The number of anilines is 2. The van der Waals surface area contributed by atoms with E-state index in [0.29, 0.717) is 5.95 Å². The molecular formula is C17H18N4S. The topological polar surface area (TPSA) is 50.7 Å². The standard InChI is InChI=1S/C17H18N4S/c1-2-12-11-7-3-4-8-13(11)19-16(18-12)21-17-20-14-9-5-6-10-15(14)22-17/h5-6,9-10H,2-4,7-8H2,1H3,(H,18,19,20,21). The molecule has 1 aromatic carbocycles. The molecule has 22 heavy (non-hydrogen) atoms. The lowest BCUT2D eigenvalue weighted by Gasteiger charge is -2.18. The minimum atomic E-state index is 0.691. The molecule has 1 aliphatic carbocycles. The molecular weight excluding hydrogens is 292 g/mol. The number of hydrogen-bond donors (Lipinski definition) is 1. The van der Waals surface area contributed by atoms with Crippen LogP contribution in [0.2, 0.25) is 0 Å². The first-order valence-corrected chi connectivity index (χ1v) is 8.66. The van der Waals surface area contributed by atoms with Crippen LogP contribution in [0.15, 0.2) is 24.3 Å². The van der Waals surface area contributed by atoms with Gasteiger partial charge in [-0.05, 0) is 49.8 Å². The van der Waals surface area contributed by atoms with E-state index in [9.17, 15) is 0 Å². The van der Waals surface area contributed by atoms with Crippen LogP contribution >= 0.6 is 11.3 Å². The Hall–Kier alpha value is -2.01. The quantitative estimate of drug-likeness (QED) is 0.785. The molecule has 0 amide bonds. The molecule has 112 valence electrons. The lowest BCUT2D eigenvalue weighted by Crippen LogP contribution is -2.13. The molecule has 0 radical (unpaired) electrons. The van der Waals surface area contributed by atoms with Crippen molar-refractivity contribution in [2.75, 3.05) is 5.32 Å². The van der Waals surface area contributed by atoms with Gasteiger partial charge in [0.15, 0.2) is 5.13 Å². The van der Waals surface area contributed by atoms with Crippen LogP contribution in [0.3, 0.4) is 0 Å². The Kier molecular flexibility index (Phi) is 3.50. The van der Waals surface area contributed by atoms with Crippen molar-refractivity contribution in [1.29, 1.82) is 0 Å². The van der Waals surface area contributed by atoms with Gasteiger partial charge in [0.25, 0.3) is 0 Å². The Morgan fingerprint density at radius 2 is 1.95 bits per heavy atom. The Bertz CT molecular complexity index is 774. The van der Waals surface area contributed by atoms with Crippen molar-refractivity contribution in [2.24, 2.45) is 0 Å². The number of hydrogen-bond acceptors (Lipinski definition) is 5. The van der Waals surface area contributed by atoms with E-state index in [0.717, 1.165) is 29.9 Å². The minimum absolute atomic E-state index is 0.691. The summed E-state index contributed by atoms with van der Waals surface area (Å²) in [6.45, 7) is 2.17. The summed E-state index contributed by atoms with van der Waals surface area (Å²) in [6, 6.07) is 8.16. The molecule has 0 aliphatic heterocycles. The smallest absolute Gasteiger partial charge is 0.229 e. The van der Waals surface area contributed by atoms with Crippen LogP contribution in [0.5, 0.6) is 0 Å². The van der Waals surface area contributed by atoms with Crippen molar-refractivity contribution in [3.05, 3.63) is 41.2 Å². The highest BCUT2D eigenvalue weighted by molar-refractivity contribution is 7.22. The zero-order chi connectivity index (χ0) is 14.9. The van der Waals surface area contributed by atoms with Gasteiger partial charge < -0.3 is 0 Å². The number of nitrogens with one attached hydrogen (secondary N) is 1. The van der Waals surface area contributed by atoms with Crippen molar-refractivity contribution in [2.45, 2.75) is 39.0 Å². The van der Waals surface area contributed by atoms with Gasteiger partial charge in [0.2, 0.25) is 5.95 Å². The predicted octanol–water partition coefficient (Wildman–Crippen LogP) is 4.27. The Morgan fingerprint density at radius 3 is 2.82 bits per heavy atom. The van der Waals surface area contributed by atoms with Gasteiger partial charge in [0.1, 0.15) is 0 Å². The summed E-state index contributed by atoms with van der Waals surface area (Å²) in [4.78, 5) is 14.0. The minimum Gasteiger partial charge on any atom is -0.300 e. The molecule has 4 rings (SSSR count). The maximum Gasteiger partial charge on any atom is 0.229 e. The van der Waals surface area contributed by atoms with Gasteiger partial charge in [-0.25, -0.2) is 15.0 Å². The van der Waals surface area contributed by atoms with Gasteiger partial charge in [0, 0.05) is 11.4 Å². The van der Waals surface area contributed by atoms with Crippen LogP contribution in [0.1, 0.15) is 36.7 Å². The van der Waals surface area contributed by atoms with Gasteiger partial charge in [-0.3, -0.25) is 5.32 Å². The Balaban J connectivity index is 1.70. The second-order valence-corrected chi connectivity index (χ2v) is 6.62. The summed E-state index contributed by atoms with van der Waals surface area (Å²) >= 11 is 1.64. The fraction of sp³-hybridized carbons (Fsp3) is 0.353. The van der Waals surface area contributed by atoms with E-state index >= 15 is 0 Å². The summed E-state index contributed by atoms with van der Waals surface area (Å²) in [7, 11) is 0. The first-order valence-electron chi connectivity index (χ1n) is 7.85. The maximum atomic E-state index is 4.73. The van der Waals surface area contributed by atoms with E-state index in [2.05, 4.69) is 23.3 Å². The third-order valence-corrected chi connectivity index (χ3v) is 5.07. The first kappa shape index (κ1) is 13.6. The molecule has 2 aromatic heterocycles. The van der Waals surface area contributed by atoms with E-state index in [4.69, 9.17) is 9.97 Å². The number of fused-ring (bicyclic) bond motifs is 2. The number of benzene rings is 1. The number of aromatic nitrogens is 3. The normalized spacial score (nSPS) is 14.0. The molecule has 1 aliphatic rings. The molecule has 0 unspecified atom stereocenters. The Morgan fingerprint density at radius 1 is 1.09 bits per heavy atom. The monoisotopic (exact) mass is 310 g/mol. The molecule has 3 aromatic rings. The highest BCUT2D eigenvalue weighted by Gasteiger charge is 2.17. The fourth-order valence-electron chi connectivity index (χ4n) is 3.04. The number of thiazole rings is 1. The lowest BCUT2D eigenvalue weighted by atomic mass is 9.94. The third-order valence-electron chi connectivity index (χ3n) is 4.12. The van der Waals surface area contributed by atoms with E-state index in [1.807, 2.05) is 18.2 Å². The zero-order valence-electron chi connectivity index (χ0n) is 12.6. The number of para-hydroxylation sites is 1. The lowest BCUT2D eigenvalue weighted by molar-refractivity contribution is 0.654. The molecule has 0 saturated heterocycles. The van der Waals surface area contributed by atoms with Gasteiger partial charge in [-0.1, -0.05) is 30.4 Å². The molecule has 5 heteroatoms. The van der Waals surface area contributed by atoms with Crippen molar-refractivity contribution in [3.8, 4) is 0 Å². The van der Waals surface area contributed by atoms with Crippen molar-refractivity contribution in [1.82, 2.24) is 15.0 Å². The van der Waals surface area contributed by atoms with E-state index in [1.54, 1.807) is 11.3 Å². The summed E-state index contributed by atoms with van der Waals surface area (Å²) in [6.07, 6.45) is 5.64. The van der Waals surface area contributed by atoms with Crippen LogP contribution < -0.4 is 5.32 Å². The average molecular weight is 310 g/mol. The SMILES string of the molecule is CCc1nc(Nc2nc3ccccc3s2)nc2c1CCCC2. The molecule has 0 atom stereocenters. The van der Waals surface area contributed by atoms with Gasteiger partial charge in [0.05, 0.1) is 10.2 Å². The largest absolute Gasteiger partial charge is 0.300 e. The van der Waals surface area contributed by atoms with E-state index < -0.39 is 0 Å².